The van der Waals surface area contributed by atoms with E-state index in [1.807, 2.05) is 32.2 Å². The number of H-pyrrole nitrogens is 1. The molecule has 0 fully saturated rings. The van der Waals surface area contributed by atoms with Crippen LogP contribution in [0.3, 0.4) is 0 Å². The third kappa shape index (κ3) is 3.42. The fraction of sp³-hybridized carbons (Fsp3) is 0.364. The summed E-state index contributed by atoms with van der Waals surface area (Å²) in [5.41, 5.74) is 5.28. The molecule has 4 rings (SSSR count). The zero-order valence-corrected chi connectivity index (χ0v) is 17.1. The van der Waals surface area contributed by atoms with E-state index in [0.29, 0.717) is 5.56 Å². The monoisotopic (exact) mass is 392 g/mol. The molecule has 0 saturated carbocycles. The van der Waals surface area contributed by atoms with Crippen molar-refractivity contribution in [1.82, 2.24) is 19.9 Å². The van der Waals surface area contributed by atoms with Crippen LogP contribution in [0, 0.1) is 0 Å². The largest absolute Gasteiger partial charge is 0.458 e. The summed E-state index contributed by atoms with van der Waals surface area (Å²) in [6.07, 6.45) is 5.16. The summed E-state index contributed by atoms with van der Waals surface area (Å²) in [4.78, 5) is 29.9. The summed E-state index contributed by atoms with van der Waals surface area (Å²) in [6, 6.07) is 3.96. The second kappa shape index (κ2) is 7.75. The zero-order chi connectivity index (χ0) is 20.5. The SMILES string of the molecule is CCCc1cnc2c(ccc3[nH]c4cnc(C(=O)OC(C)C)c(COC)c4c32)n1. The van der Waals surface area contributed by atoms with E-state index in [2.05, 4.69) is 16.9 Å². The first kappa shape index (κ1) is 19.3. The summed E-state index contributed by atoms with van der Waals surface area (Å²) >= 11 is 0. The molecule has 0 aliphatic rings. The maximum Gasteiger partial charge on any atom is 0.357 e. The molecule has 0 atom stereocenters. The molecule has 0 spiro atoms. The predicted molar refractivity (Wildman–Crippen MR) is 112 cm³/mol. The molecule has 0 bridgehead atoms. The van der Waals surface area contributed by atoms with Crippen LogP contribution in [0.25, 0.3) is 32.8 Å². The minimum Gasteiger partial charge on any atom is -0.458 e. The first-order valence-corrected chi connectivity index (χ1v) is 9.81. The van der Waals surface area contributed by atoms with Crippen LogP contribution in [0.2, 0.25) is 0 Å². The number of aromatic amines is 1. The van der Waals surface area contributed by atoms with Crippen molar-refractivity contribution in [2.45, 2.75) is 46.3 Å². The van der Waals surface area contributed by atoms with Crippen molar-refractivity contribution in [2.75, 3.05) is 7.11 Å². The summed E-state index contributed by atoms with van der Waals surface area (Å²) in [7, 11) is 1.60. The summed E-state index contributed by atoms with van der Waals surface area (Å²) in [6.45, 7) is 5.98. The molecule has 0 aliphatic heterocycles. The molecule has 0 radical (unpaired) electrons. The van der Waals surface area contributed by atoms with Gasteiger partial charge in [-0.15, -0.1) is 0 Å². The average molecular weight is 392 g/mol. The Balaban J connectivity index is 2.03. The molecule has 29 heavy (non-hydrogen) atoms. The molecule has 7 heteroatoms. The fourth-order valence-corrected chi connectivity index (χ4v) is 3.67. The maximum atomic E-state index is 12.7. The topological polar surface area (TPSA) is 90.0 Å². The van der Waals surface area contributed by atoms with E-state index < -0.39 is 5.97 Å². The normalized spacial score (nSPS) is 11.8. The highest BCUT2D eigenvalue weighted by Crippen LogP contribution is 2.34. The van der Waals surface area contributed by atoms with Crippen molar-refractivity contribution in [2.24, 2.45) is 0 Å². The Morgan fingerprint density at radius 1 is 1.14 bits per heavy atom. The zero-order valence-electron chi connectivity index (χ0n) is 17.1. The van der Waals surface area contributed by atoms with Crippen LogP contribution in [0.15, 0.2) is 24.5 Å². The number of fused-ring (bicyclic) bond motifs is 5. The minimum atomic E-state index is -0.458. The Morgan fingerprint density at radius 2 is 1.97 bits per heavy atom. The van der Waals surface area contributed by atoms with Crippen LogP contribution in [0.1, 0.15) is 48.9 Å². The van der Waals surface area contributed by atoms with E-state index in [1.54, 1.807) is 13.3 Å². The summed E-state index contributed by atoms with van der Waals surface area (Å²) in [5.74, 6) is -0.458. The molecule has 1 N–H and O–H groups in total. The Hall–Kier alpha value is -3.06. The van der Waals surface area contributed by atoms with Gasteiger partial charge in [0.1, 0.15) is 0 Å². The number of ether oxygens (including phenoxy) is 2. The van der Waals surface area contributed by atoms with Gasteiger partial charge < -0.3 is 14.5 Å². The van der Waals surface area contributed by atoms with Gasteiger partial charge >= 0.3 is 5.97 Å². The molecular weight excluding hydrogens is 368 g/mol. The molecule has 3 aromatic heterocycles. The lowest BCUT2D eigenvalue weighted by atomic mass is 10.0. The molecule has 4 aromatic rings. The quantitative estimate of drug-likeness (QED) is 0.491. The van der Waals surface area contributed by atoms with Crippen molar-refractivity contribution in [1.29, 1.82) is 0 Å². The van der Waals surface area contributed by atoms with E-state index in [9.17, 15) is 4.79 Å². The third-order valence-corrected chi connectivity index (χ3v) is 4.79. The molecule has 7 nitrogen and oxygen atoms in total. The second-order valence-corrected chi connectivity index (χ2v) is 7.35. The minimum absolute atomic E-state index is 0.234. The van der Waals surface area contributed by atoms with E-state index >= 15 is 0 Å². The van der Waals surface area contributed by atoms with Crippen LogP contribution in [-0.4, -0.2) is 39.1 Å². The number of benzene rings is 1. The number of carbonyl (C=O) groups is 1. The van der Waals surface area contributed by atoms with Crippen molar-refractivity contribution in [3.8, 4) is 0 Å². The van der Waals surface area contributed by atoms with Crippen LogP contribution in [0.4, 0.5) is 0 Å². The lowest BCUT2D eigenvalue weighted by Gasteiger charge is -2.12. The van der Waals surface area contributed by atoms with Gasteiger partial charge in [0, 0.05) is 35.2 Å². The number of methoxy groups -OCH3 is 1. The van der Waals surface area contributed by atoms with E-state index in [4.69, 9.17) is 19.4 Å². The lowest BCUT2D eigenvalue weighted by molar-refractivity contribution is 0.0366. The molecular formula is C22H24N4O3. The number of hydrogen-bond donors (Lipinski definition) is 1. The number of aryl methyl sites for hydroxylation is 1. The molecule has 3 heterocycles. The van der Waals surface area contributed by atoms with E-state index in [1.165, 1.54) is 0 Å². The van der Waals surface area contributed by atoms with Gasteiger partial charge in [0.15, 0.2) is 5.69 Å². The van der Waals surface area contributed by atoms with Gasteiger partial charge in [0.05, 0.1) is 41.2 Å². The molecule has 0 amide bonds. The first-order valence-electron chi connectivity index (χ1n) is 9.81. The maximum absolute atomic E-state index is 12.7. The molecule has 0 saturated heterocycles. The van der Waals surface area contributed by atoms with Gasteiger partial charge in [-0.25, -0.2) is 14.8 Å². The Morgan fingerprint density at radius 3 is 2.69 bits per heavy atom. The molecule has 0 unspecified atom stereocenters. The van der Waals surface area contributed by atoms with Crippen LogP contribution in [0.5, 0.6) is 0 Å². The molecule has 1 aromatic carbocycles. The van der Waals surface area contributed by atoms with Crippen molar-refractivity contribution < 1.29 is 14.3 Å². The van der Waals surface area contributed by atoms with E-state index in [0.717, 1.165) is 51.4 Å². The number of pyridine rings is 1. The van der Waals surface area contributed by atoms with Crippen molar-refractivity contribution >= 4 is 38.8 Å². The van der Waals surface area contributed by atoms with Crippen LogP contribution in [-0.2, 0) is 22.5 Å². The predicted octanol–water partition coefficient (Wildman–Crippen LogP) is 4.32. The van der Waals surface area contributed by atoms with Gasteiger partial charge in [-0.3, -0.25) is 4.98 Å². The Labute approximate surface area is 168 Å². The number of nitrogens with zero attached hydrogens (tertiary/aromatic N) is 3. The van der Waals surface area contributed by atoms with E-state index in [-0.39, 0.29) is 18.4 Å². The van der Waals surface area contributed by atoms with Crippen molar-refractivity contribution in [3.63, 3.8) is 0 Å². The summed E-state index contributed by atoms with van der Waals surface area (Å²) in [5, 5.41) is 1.79. The van der Waals surface area contributed by atoms with Crippen molar-refractivity contribution in [3.05, 3.63) is 41.5 Å². The highest BCUT2D eigenvalue weighted by molar-refractivity contribution is 6.20. The highest BCUT2D eigenvalue weighted by Gasteiger charge is 2.22. The molecule has 0 aliphatic carbocycles. The van der Waals surface area contributed by atoms with Crippen LogP contribution < -0.4 is 0 Å². The van der Waals surface area contributed by atoms with Gasteiger partial charge in [-0.1, -0.05) is 13.3 Å². The number of carbonyl (C=O) groups excluding carboxylic acids is 1. The van der Waals surface area contributed by atoms with Crippen LogP contribution >= 0.6 is 0 Å². The third-order valence-electron chi connectivity index (χ3n) is 4.79. The number of esters is 1. The van der Waals surface area contributed by atoms with Gasteiger partial charge in [0.25, 0.3) is 0 Å². The number of nitrogens with one attached hydrogen (secondary N) is 1. The Kier molecular flexibility index (Phi) is 5.15. The smallest absolute Gasteiger partial charge is 0.357 e. The number of hydrogen-bond acceptors (Lipinski definition) is 6. The van der Waals surface area contributed by atoms with Gasteiger partial charge in [-0.2, -0.15) is 0 Å². The second-order valence-electron chi connectivity index (χ2n) is 7.35. The number of rotatable bonds is 6. The standard InChI is InChI=1S/C22H24N4O3/c1-5-6-13-9-23-21-16(25-13)8-7-15-19(21)18-14(11-28-4)20(22(27)29-12(2)3)24-10-17(18)26-15/h7-10,12,26H,5-6,11H2,1-4H3. The average Bonchev–Trinajstić information content (AvgIpc) is 3.07. The molecule has 150 valence electrons. The summed E-state index contributed by atoms with van der Waals surface area (Å²) < 4.78 is 10.8. The Bertz CT molecular complexity index is 1210. The van der Waals surface area contributed by atoms with Gasteiger partial charge in [-0.05, 0) is 32.4 Å². The first-order chi connectivity index (χ1) is 14.0. The fourth-order valence-electron chi connectivity index (χ4n) is 3.67. The lowest BCUT2D eigenvalue weighted by Crippen LogP contribution is -2.15. The number of aromatic nitrogens is 4. The van der Waals surface area contributed by atoms with Gasteiger partial charge in [0.2, 0.25) is 0 Å². The highest BCUT2D eigenvalue weighted by atomic mass is 16.5.